The lowest BCUT2D eigenvalue weighted by Crippen LogP contribution is -2.28. The number of aromatic nitrogens is 3. The van der Waals surface area contributed by atoms with E-state index in [9.17, 15) is 9.59 Å². The molecule has 0 saturated heterocycles. The predicted molar refractivity (Wildman–Crippen MR) is 109 cm³/mol. The number of hydrogen-bond acceptors (Lipinski definition) is 5. The smallest absolute Gasteiger partial charge is 0.274 e. The second-order valence-corrected chi connectivity index (χ2v) is 6.49. The third kappa shape index (κ3) is 3.98. The van der Waals surface area contributed by atoms with Gasteiger partial charge in [-0.25, -0.2) is 0 Å². The van der Waals surface area contributed by atoms with Crippen LogP contribution < -0.4 is 10.9 Å². The Morgan fingerprint density at radius 3 is 2.55 bits per heavy atom. The van der Waals surface area contributed by atoms with Gasteiger partial charge in [-0.1, -0.05) is 59.8 Å². The van der Waals surface area contributed by atoms with Crippen molar-refractivity contribution in [2.75, 3.05) is 5.32 Å². The van der Waals surface area contributed by atoms with Crippen LogP contribution in [0.5, 0.6) is 0 Å². The number of nitrogens with one attached hydrogen (secondary N) is 1. The lowest BCUT2D eigenvalue weighted by Gasteiger charge is -2.11. The summed E-state index contributed by atoms with van der Waals surface area (Å²) in [6.45, 7) is 1.73. The molecule has 0 fully saturated rings. The van der Waals surface area contributed by atoms with Crippen molar-refractivity contribution in [1.29, 1.82) is 0 Å². The van der Waals surface area contributed by atoms with Crippen molar-refractivity contribution in [2.24, 2.45) is 0 Å². The number of amides is 1. The number of rotatable bonds is 5. The van der Waals surface area contributed by atoms with Crippen LogP contribution in [-0.2, 0) is 11.3 Å². The second kappa shape index (κ2) is 7.93. The summed E-state index contributed by atoms with van der Waals surface area (Å²) < 4.78 is 6.68. The minimum atomic E-state index is -0.332. The van der Waals surface area contributed by atoms with Gasteiger partial charge in [-0.05, 0) is 24.6 Å². The van der Waals surface area contributed by atoms with Gasteiger partial charge in [0.25, 0.3) is 11.4 Å². The maximum Gasteiger partial charge on any atom is 0.274 e. The Morgan fingerprint density at radius 2 is 1.76 bits per heavy atom. The quantitative estimate of drug-likeness (QED) is 0.567. The first-order valence-electron chi connectivity index (χ1n) is 9.06. The Morgan fingerprint density at radius 1 is 1.00 bits per heavy atom. The molecule has 0 aliphatic carbocycles. The fraction of sp³-hybridized carbons (Fsp3) is 0.0909. The monoisotopic (exact) mass is 386 g/mol. The zero-order valence-corrected chi connectivity index (χ0v) is 15.7. The number of para-hydroxylation sites is 1. The fourth-order valence-electron chi connectivity index (χ4n) is 2.95. The average molecular weight is 386 g/mol. The Kier molecular flexibility index (Phi) is 5.03. The Balaban J connectivity index is 1.63. The molecule has 7 nitrogen and oxygen atoms in total. The highest BCUT2D eigenvalue weighted by Gasteiger charge is 2.17. The van der Waals surface area contributed by atoms with E-state index in [2.05, 4.69) is 15.5 Å². The van der Waals surface area contributed by atoms with E-state index in [0.29, 0.717) is 17.2 Å². The van der Waals surface area contributed by atoms with Crippen LogP contribution >= 0.6 is 0 Å². The summed E-state index contributed by atoms with van der Waals surface area (Å²) in [6.07, 6.45) is 0. The van der Waals surface area contributed by atoms with Gasteiger partial charge in [0.2, 0.25) is 11.7 Å². The zero-order valence-electron chi connectivity index (χ0n) is 15.7. The van der Waals surface area contributed by atoms with Crippen molar-refractivity contribution in [2.45, 2.75) is 13.5 Å². The molecule has 0 unspecified atom stereocenters. The molecule has 1 amide bonds. The number of benzene rings is 2. The van der Waals surface area contributed by atoms with Gasteiger partial charge in [0.1, 0.15) is 12.2 Å². The minimum Gasteiger partial charge on any atom is -0.332 e. The summed E-state index contributed by atoms with van der Waals surface area (Å²) in [7, 11) is 0. The third-order valence-corrected chi connectivity index (χ3v) is 4.45. The van der Waals surface area contributed by atoms with Crippen molar-refractivity contribution in [3.05, 3.63) is 88.7 Å². The summed E-state index contributed by atoms with van der Waals surface area (Å²) in [4.78, 5) is 29.4. The van der Waals surface area contributed by atoms with Crippen LogP contribution in [0.25, 0.3) is 23.0 Å². The van der Waals surface area contributed by atoms with Crippen LogP contribution in [0.4, 0.5) is 5.69 Å². The molecule has 0 saturated carbocycles. The maximum atomic E-state index is 12.6. The average Bonchev–Trinajstić information content (AvgIpc) is 3.22. The van der Waals surface area contributed by atoms with E-state index in [1.165, 1.54) is 10.6 Å². The van der Waals surface area contributed by atoms with Gasteiger partial charge in [0, 0.05) is 17.3 Å². The molecule has 0 aliphatic heterocycles. The van der Waals surface area contributed by atoms with Crippen LogP contribution in [0, 0.1) is 6.92 Å². The summed E-state index contributed by atoms with van der Waals surface area (Å²) in [5, 5.41) is 6.82. The Labute approximate surface area is 166 Å². The molecule has 7 heteroatoms. The number of anilines is 1. The molecular formula is C22H18N4O3. The normalized spacial score (nSPS) is 10.7. The Bertz CT molecular complexity index is 1210. The van der Waals surface area contributed by atoms with Crippen molar-refractivity contribution in [1.82, 2.24) is 14.7 Å². The molecule has 29 heavy (non-hydrogen) atoms. The topological polar surface area (TPSA) is 90.0 Å². The van der Waals surface area contributed by atoms with Gasteiger partial charge in [0.15, 0.2) is 0 Å². The number of pyridine rings is 1. The molecule has 4 aromatic rings. The molecule has 2 aromatic heterocycles. The van der Waals surface area contributed by atoms with E-state index >= 15 is 0 Å². The van der Waals surface area contributed by atoms with Crippen LogP contribution in [0.1, 0.15) is 5.56 Å². The highest BCUT2D eigenvalue weighted by molar-refractivity contribution is 5.91. The van der Waals surface area contributed by atoms with E-state index < -0.39 is 0 Å². The molecule has 0 atom stereocenters. The van der Waals surface area contributed by atoms with Gasteiger partial charge < -0.3 is 9.84 Å². The molecule has 0 bridgehead atoms. The van der Waals surface area contributed by atoms with Crippen LogP contribution in [0.2, 0.25) is 0 Å². The molecular weight excluding hydrogens is 368 g/mol. The van der Waals surface area contributed by atoms with E-state index in [1.54, 1.807) is 12.1 Å². The SMILES string of the molecule is Cc1ccccc1NC(=O)Cn1c(-c2nc(-c3ccccc3)no2)cccc1=O. The highest BCUT2D eigenvalue weighted by Crippen LogP contribution is 2.21. The lowest BCUT2D eigenvalue weighted by atomic mass is 10.2. The fourth-order valence-corrected chi connectivity index (χ4v) is 2.95. The maximum absolute atomic E-state index is 12.6. The van der Waals surface area contributed by atoms with E-state index in [1.807, 2.05) is 61.5 Å². The van der Waals surface area contributed by atoms with Crippen molar-refractivity contribution in [3.8, 4) is 23.0 Å². The van der Waals surface area contributed by atoms with Crippen LogP contribution in [0.15, 0.2) is 82.1 Å². The molecule has 0 radical (unpaired) electrons. The van der Waals surface area contributed by atoms with E-state index in [0.717, 1.165) is 11.1 Å². The largest absolute Gasteiger partial charge is 0.332 e. The summed E-state index contributed by atoms with van der Waals surface area (Å²) in [6, 6.07) is 21.5. The summed E-state index contributed by atoms with van der Waals surface area (Å²) in [5.74, 6) is 0.259. The Hall–Kier alpha value is -4.00. The predicted octanol–water partition coefficient (Wildman–Crippen LogP) is 3.51. The molecule has 2 aromatic carbocycles. The van der Waals surface area contributed by atoms with E-state index in [-0.39, 0.29) is 23.9 Å². The summed E-state index contributed by atoms with van der Waals surface area (Å²) >= 11 is 0. The number of aryl methyl sites for hydroxylation is 1. The number of nitrogens with zero attached hydrogens (tertiary/aromatic N) is 3. The van der Waals surface area contributed by atoms with E-state index in [4.69, 9.17) is 4.52 Å². The zero-order chi connectivity index (χ0) is 20.2. The van der Waals surface area contributed by atoms with Crippen molar-refractivity contribution < 1.29 is 9.32 Å². The molecule has 2 heterocycles. The third-order valence-electron chi connectivity index (χ3n) is 4.45. The van der Waals surface area contributed by atoms with Gasteiger partial charge in [0.05, 0.1) is 0 Å². The van der Waals surface area contributed by atoms with Gasteiger partial charge >= 0.3 is 0 Å². The highest BCUT2D eigenvalue weighted by atomic mass is 16.5. The summed E-state index contributed by atoms with van der Waals surface area (Å²) in [5.41, 5.74) is 2.48. The van der Waals surface area contributed by atoms with Crippen molar-refractivity contribution >= 4 is 11.6 Å². The molecule has 0 spiro atoms. The first-order chi connectivity index (χ1) is 14.1. The molecule has 1 N–H and O–H groups in total. The van der Waals surface area contributed by atoms with Gasteiger partial charge in [-0.15, -0.1) is 0 Å². The number of carbonyl (C=O) groups is 1. The lowest BCUT2D eigenvalue weighted by molar-refractivity contribution is -0.116. The minimum absolute atomic E-state index is 0.172. The number of carbonyl (C=O) groups excluding carboxylic acids is 1. The van der Waals surface area contributed by atoms with Gasteiger partial charge in [-0.3, -0.25) is 14.2 Å². The second-order valence-electron chi connectivity index (χ2n) is 6.49. The number of hydrogen-bond donors (Lipinski definition) is 1. The standard InChI is InChI=1S/C22H18N4O3/c1-15-8-5-6-11-17(15)23-19(27)14-26-18(12-7-13-20(26)28)22-24-21(25-29-22)16-9-3-2-4-10-16/h2-13H,14H2,1H3,(H,23,27). The molecule has 4 rings (SSSR count). The first kappa shape index (κ1) is 18.4. The van der Waals surface area contributed by atoms with Crippen LogP contribution in [-0.4, -0.2) is 20.6 Å². The molecule has 144 valence electrons. The first-order valence-corrected chi connectivity index (χ1v) is 9.06. The van der Waals surface area contributed by atoms with Crippen molar-refractivity contribution in [3.63, 3.8) is 0 Å². The molecule has 0 aliphatic rings. The van der Waals surface area contributed by atoms with Gasteiger partial charge in [-0.2, -0.15) is 4.98 Å². The van der Waals surface area contributed by atoms with Crippen LogP contribution in [0.3, 0.4) is 0 Å².